The SMILES string of the molecule is N#Cc1ccc(-c2ccnc(Nc3ccc(S(=O)(=O)N4CCC([C@@H](N)c5ccc(F)cc5)CC4)cc3)n2)cc1. The van der Waals surface area contributed by atoms with Crippen molar-refractivity contribution in [1.29, 1.82) is 5.26 Å². The summed E-state index contributed by atoms with van der Waals surface area (Å²) < 4.78 is 41.3. The van der Waals surface area contributed by atoms with Gasteiger partial charge >= 0.3 is 0 Å². The first-order valence-corrected chi connectivity index (χ1v) is 14.0. The van der Waals surface area contributed by atoms with Gasteiger partial charge in [0.05, 0.1) is 22.2 Å². The number of piperidine rings is 1. The molecule has 2 heterocycles. The van der Waals surface area contributed by atoms with Crippen molar-refractivity contribution in [2.75, 3.05) is 18.4 Å². The van der Waals surface area contributed by atoms with Crippen LogP contribution in [0, 0.1) is 23.1 Å². The molecule has 10 heteroatoms. The quantitative estimate of drug-likeness (QED) is 0.337. The minimum Gasteiger partial charge on any atom is -0.324 e. The van der Waals surface area contributed by atoms with Gasteiger partial charge in [0.25, 0.3) is 0 Å². The second-order valence-electron chi connectivity index (χ2n) is 9.42. The summed E-state index contributed by atoms with van der Waals surface area (Å²) in [6.07, 6.45) is 2.89. The molecule has 198 valence electrons. The Morgan fingerprint density at radius 3 is 2.28 bits per heavy atom. The molecule has 4 aromatic rings. The van der Waals surface area contributed by atoms with E-state index in [4.69, 9.17) is 11.0 Å². The van der Waals surface area contributed by atoms with Gasteiger partial charge < -0.3 is 11.1 Å². The van der Waals surface area contributed by atoms with Gasteiger partial charge in [-0.05, 0) is 78.9 Å². The lowest BCUT2D eigenvalue weighted by Crippen LogP contribution is -2.40. The molecule has 1 atom stereocenters. The number of nitriles is 1. The Balaban J connectivity index is 1.22. The van der Waals surface area contributed by atoms with Crippen LogP contribution in [0.5, 0.6) is 0 Å². The van der Waals surface area contributed by atoms with E-state index in [1.807, 2.05) is 12.1 Å². The molecule has 8 nitrogen and oxygen atoms in total. The minimum atomic E-state index is -3.66. The molecule has 0 radical (unpaired) electrons. The number of benzene rings is 3. The number of nitrogens with two attached hydrogens (primary N) is 1. The normalized spacial score (nSPS) is 15.4. The summed E-state index contributed by atoms with van der Waals surface area (Å²) in [5, 5.41) is 12.1. The van der Waals surface area contributed by atoms with Crippen molar-refractivity contribution in [2.24, 2.45) is 11.7 Å². The largest absolute Gasteiger partial charge is 0.324 e. The van der Waals surface area contributed by atoms with Crippen LogP contribution in [0.3, 0.4) is 0 Å². The third kappa shape index (κ3) is 5.96. The molecule has 1 aliphatic rings. The number of halogens is 1. The summed E-state index contributed by atoms with van der Waals surface area (Å²) in [5.74, 6) is 0.179. The molecule has 0 unspecified atom stereocenters. The van der Waals surface area contributed by atoms with Gasteiger partial charge in [-0.25, -0.2) is 22.8 Å². The van der Waals surface area contributed by atoms with Gasteiger partial charge in [0, 0.05) is 36.6 Å². The summed E-state index contributed by atoms with van der Waals surface area (Å²) in [5.41, 5.74) is 10.0. The lowest BCUT2D eigenvalue weighted by molar-refractivity contribution is 0.245. The van der Waals surface area contributed by atoms with E-state index < -0.39 is 10.0 Å². The monoisotopic (exact) mass is 542 g/mol. The average Bonchev–Trinajstić information content (AvgIpc) is 2.98. The molecule has 0 spiro atoms. The number of aromatic nitrogens is 2. The van der Waals surface area contributed by atoms with Crippen LogP contribution < -0.4 is 11.1 Å². The summed E-state index contributed by atoms with van der Waals surface area (Å²) in [7, 11) is -3.66. The van der Waals surface area contributed by atoms with Crippen LogP contribution in [0.4, 0.5) is 16.0 Å². The van der Waals surface area contributed by atoms with E-state index in [1.165, 1.54) is 16.4 Å². The van der Waals surface area contributed by atoms with Crippen molar-refractivity contribution in [1.82, 2.24) is 14.3 Å². The van der Waals surface area contributed by atoms with Crippen LogP contribution in [-0.4, -0.2) is 35.8 Å². The van der Waals surface area contributed by atoms with Crippen LogP contribution in [0.1, 0.15) is 30.0 Å². The summed E-state index contributed by atoms with van der Waals surface area (Å²) in [6, 6.07) is 23.4. The molecular weight excluding hydrogens is 515 g/mol. The highest BCUT2D eigenvalue weighted by Crippen LogP contribution is 2.32. The van der Waals surface area contributed by atoms with E-state index in [1.54, 1.807) is 60.8 Å². The van der Waals surface area contributed by atoms with Crippen LogP contribution in [-0.2, 0) is 10.0 Å². The highest BCUT2D eigenvalue weighted by atomic mass is 32.2. The van der Waals surface area contributed by atoms with E-state index in [0.717, 1.165) is 11.1 Å². The highest BCUT2D eigenvalue weighted by molar-refractivity contribution is 7.89. The second-order valence-corrected chi connectivity index (χ2v) is 11.4. The zero-order chi connectivity index (χ0) is 27.4. The van der Waals surface area contributed by atoms with Crippen molar-refractivity contribution in [3.63, 3.8) is 0 Å². The number of hydrogen-bond acceptors (Lipinski definition) is 7. The van der Waals surface area contributed by atoms with Gasteiger partial charge in [0.2, 0.25) is 16.0 Å². The fourth-order valence-electron chi connectivity index (χ4n) is 4.72. The van der Waals surface area contributed by atoms with Gasteiger partial charge in [-0.2, -0.15) is 9.57 Å². The van der Waals surface area contributed by atoms with Crippen molar-refractivity contribution in [3.8, 4) is 17.3 Å². The van der Waals surface area contributed by atoms with Gasteiger partial charge in [0.1, 0.15) is 5.82 Å². The van der Waals surface area contributed by atoms with E-state index >= 15 is 0 Å². The lowest BCUT2D eigenvalue weighted by Gasteiger charge is -2.34. The Kier molecular flexibility index (Phi) is 7.65. The van der Waals surface area contributed by atoms with Crippen LogP contribution in [0.25, 0.3) is 11.3 Å². The number of anilines is 2. The van der Waals surface area contributed by atoms with Crippen LogP contribution in [0.15, 0.2) is 90.0 Å². The fraction of sp³-hybridized carbons (Fsp3) is 0.207. The van der Waals surface area contributed by atoms with Gasteiger partial charge in [-0.1, -0.05) is 24.3 Å². The zero-order valence-corrected chi connectivity index (χ0v) is 21.9. The number of nitrogens with zero attached hydrogens (tertiary/aromatic N) is 4. The lowest BCUT2D eigenvalue weighted by atomic mass is 9.86. The summed E-state index contributed by atoms with van der Waals surface area (Å²) in [4.78, 5) is 8.99. The molecule has 1 saturated heterocycles. The van der Waals surface area contributed by atoms with Crippen LogP contribution in [0.2, 0.25) is 0 Å². The molecule has 1 aliphatic heterocycles. The van der Waals surface area contributed by atoms with Crippen molar-refractivity contribution in [2.45, 2.75) is 23.8 Å². The molecular formula is C29H27FN6O2S. The number of hydrogen-bond donors (Lipinski definition) is 2. The molecule has 0 amide bonds. The third-order valence-corrected chi connectivity index (χ3v) is 8.89. The molecule has 1 aromatic heterocycles. The maximum atomic E-state index is 13.3. The van der Waals surface area contributed by atoms with E-state index in [0.29, 0.717) is 48.8 Å². The van der Waals surface area contributed by atoms with Crippen LogP contribution >= 0.6 is 0 Å². The molecule has 39 heavy (non-hydrogen) atoms. The Hall–Kier alpha value is -4.17. The molecule has 3 N–H and O–H groups in total. The van der Waals surface area contributed by atoms with E-state index in [-0.39, 0.29) is 22.7 Å². The standard InChI is InChI=1S/C29H27FN6O2S/c30-24-7-5-22(6-8-24)28(32)23-14-17-36(18-15-23)39(37,38)26-11-9-25(10-12-26)34-29-33-16-13-27(35-29)21-3-1-20(19-31)2-4-21/h1-13,16,23,28H,14-15,17-18,32H2,(H,33,34,35)/t28-/m0/s1. The number of rotatable bonds is 7. The fourth-order valence-corrected chi connectivity index (χ4v) is 6.19. The minimum absolute atomic E-state index is 0.119. The van der Waals surface area contributed by atoms with Crippen molar-refractivity contribution < 1.29 is 12.8 Å². The Morgan fingerprint density at radius 1 is 0.974 bits per heavy atom. The van der Waals surface area contributed by atoms with E-state index in [2.05, 4.69) is 21.4 Å². The highest BCUT2D eigenvalue weighted by Gasteiger charge is 2.32. The zero-order valence-electron chi connectivity index (χ0n) is 21.0. The summed E-state index contributed by atoms with van der Waals surface area (Å²) >= 11 is 0. The first-order chi connectivity index (χ1) is 18.8. The molecule has 3 aromatic carbocycles. The second kappa shape index (κ2) is 11.3. The van der Waals surface area contributed by atoms with Gasteiger partial charge in [-0.15, -0.1) is 0 Å². The topological polar surface area (TPSA) is 125 Å². The third-order valence-electron chi connectivity index (χ3n) is 6.97. The molecule has 1 fully saturated rings. The first-order valence-electron chi connectivity index (χ1n) is 12.6. The maximum absolute atomic E-state index is 13.3. The number of sulfonamides is 1. The predicted octanol–water partition coefficient (Wildman–Crippen LogP) is 5.00. The van der Waals surface area contributed by atoms with E-state index in [9.17, 15) is 12.8 Å². The molecule has 0 bridgehead atoms. The van der Waals surface area contributed by atoms with Gasteiger partial charge in [-0.3, -0.25) is 0 Å². The maximum Gasteiger partial charge on any atom is 0.243 e. The average molecular weight is 543 g/mol. The Morgan fingerprint density at radius 2 is 1.64 bits per heavy atom. The molecule has 0 aliphatic carbocycles. The predicted molar refractivity (Wildman–Crippen MR) is 147 cm³/mol. The molecule has 0 saturated carbocycles. The van der Waals surface area contributed by atoms with Crippen molar-refractivity contribution >= 4 is 21.7 Å². The smallest absolute Gasteiger partial charge is 0.243 e. The number of nitrogens with one attached hydrogen (secondary N) is 1. The van der Waals surface area contributed by atoms with Gasteiger partial charge in [0.15, 0.2) is 0 Å². The van der Waals surface area contributed by atoms with Crippen molar-refractivity contribution in [3.05, 3.63) is 102 Å². The first kappa shape index (κ1) is 26.4. The molecule has 5 rings (SSSR count). The summed E-state index contributed by atoms with van der Waals surface area (Å²) in [6.45, 7) is 0.746. The Bertz CT molecular complexity index is 1580. The Labute approximate surface area is 227 Å².